The number of nitrogens with zero attached hydrogens (tertiary/aromatic N) is 2. The molecule has 9 heteroatoms. The van der Waals surface area contributed by atoms with Crippen LogP contribution < -0.4 is 4.74 Å². The highest BCUT2D eigenvalue weighted by Crippen LogP contribution is 2.55. The van der Waals surface area contributed by atoms with Crippen molar-refractivity contribution in [2.24, 2.45) is 0 Å². The predicted molar refractivity (Wildman–Crippen MR) is 82.0 cm³/mol. The van der Waals surface area contributed by atoms with Crippen molar-refractivity contribution in [2.45, 2.75) is 24.4 Å². The Labute approximate surface area is 145 Å². The molecule has 0 bridgehead atoms. The molecule has 1 N–H and O–H groups in total. The van der Waals surface area contributed by atoms with Gasteiger partial charge in [-0.2, -0.15) is 13.2 Å². The van der Waals surface area contributed by atoms with Crippen LogP contribution in [0.1, 0.15) is 40.3 Å². The summed E-state index contributed by atoms with van der Waals surface area (Å²) in [7, 11) is 1.21. The molecular formula is C16H12ClF3N2O3. The van der Waals surface area contributed by atoms with E-state index in [9.17, 15) is 18.0 Å². The second kappa shape index (κ2) is 5.87. The van der Waals surface area contributed by atoms with Crippen LogP contribution in [0.15, 0.2) is 24.3 Å². The van der Waals surface area contributed by atoms with Crippen LogP contribution in [0, 0.1) is 0 Å². The minimum absolute atomic E-state index is 0.0328. The molecule has 1 aromatic carbocycles. The summed E-state index contributed by atoms with van der Waals surface area (Å²) in [6, 6.07) is 6.72. The Morgan fingerprint density at radius 1 is 1.32 bits per heavy atom. The third-order valence-electron chi connectivity index (χ3n) is 4.11. The summed E-state index contributed by atoms with van der Waals surface area (Å²) in [6.45, 7) is 0. The van der Waals surface area contributed by atoms with Gasteiger partial charge >= 0.3 is 12.1 Å². The maximum atomic E-state index is 13.3. The summed E-state index contributed by atoms with van der Waals surface area (Å²) in [5.74, 6) is -2.06. The van der Waals surface area contributed by atoms with Crippen molar-refractivity contribution >= 4 is 17.6 Å². The first-order valence-corrected chi connectivity index (χ1v) is 7.60. The molecule has 5 nitrogen and oxygen atoms in total. The Hall–Kier alpha value is -2.35. The van der Waals surface area contributed by atoms with E-state index < -0.39 is 28.9 Å². The highest BCUT2D eigenvalue weighted by molar-refractivity contribution is 6.30. The fraction of sp³-hybridized carbons (Fsp3) is 0.312. The molecule has 1 aromatic heterocycles. The highest BCUT2D eigenvalue weighted by atomic mass is 35.5. The molecule has 0 aliphatic heterocycles. The monoisotopic (exact) mass is 372 g/mol. The van der Waals surface area contributed by atoms with Gasteiger partial charge in [-0.25, -0.2) is 14.8 Å². The maximum absolute atomic E-state index is 13.3. The van der Waals surface area contributed by atoms with Crippen molar-refractivity contribution in [3.63, 3.8) is 0 Å². The number of aromatic nitrogens is 2. The number of halogens is 4. The Morgan fingerprint density at radius 2 is 2.00 bits per heavy atom. The molecule has 0 amide bonds. The van der Waals surface area contributed by atoms with Crippen molar-refractivity contribution in [1.82, 2.24) is 9.97 Å². The molecule has 1 saturated carbocycles. The number of benzene rings is 1. The van der Waals surface area contributed by atoms with Crippen molar-refractivity contribution < 1.29 is 27.8 Å². The molecular weight excluding hydrogens is 361 g/mol. The second-order valence-electron chi connectivity index (χ2n) is 5.67. The summed E-state index contributed by atoms with van der Waals surface area (Å²) in [6.07, 6.45) is -3.89. The van der Waals surface area contributed by atoms with E-state index in [0.717, 1.165) is 0 Å². The van der Waals surface area contributed by atoms with Gasteiger partial charge in [0.15, 0.2) is 11.4 Å². The Kier molecular flexibility index (Phi) is 4.10. The molecule has 2 aromatic rings. The molecule has 0 unspecified atom stereocenters. The Balaban J connectivity index is 2.24. The average Bonchev–Trinajstić information content (AvgIpc) is 3.34. The number of rotatable bonds is 4. The van der Waals surface area contributed by atoms with Crippen LogP contribution in [0.5, 0.6) is 5.88 Å². The summed E-state index contributed by atoms with van der Waals surface area (Å²) >= 11 is 5.99. The van der Waals surface area contributed by atoms with E-state index in [1.807, 2.05) is 0 Å². The van der Waals surface area contributed by atoms with Crippen LogP contribution in [0.25, 0.3) is 0 Å². The van der Waals surface area contributed by atoms with E-state index in [-0.39, 0.29) is 11.6 Å². The standard InChI is InChI=1S/C16H12ClF3N2O3/c1-25-13-12(15(5-6-15)8-3-2-4-9(17)7-8)22-11(16(18,19)20)10(21-13)14(23)24/h2-4,7H,5-6H2,1H3,(H,23,24). The number of alkyl halides is 3. The van der Waals surface area contributed by atoms with Crippen molar-refractivity contribution in [2.75, 3.05) is 7.11 Å². The number of methoxy groups -OCH3 is 1. The van der Waals surface area contributed by atoms with Crippen LogP contribution >= 0.6 is 11.6 Å². The third-order valence-corrected chi connectivity index (χ3v) is 4.34. The fourth-order valence-electron chi connectivity index (χ4n) is 2.79. The SMILES string of the molecule is COc1nc(C(=O)O)c(C(F)(F)F)nc1C1(c2cccc(Cl)c2)CC1. The molecule has 132 valence electrons. The van der Waals surface area contributed by atoms with Crippen LogP contribution in [-0.4, -0.2) is 28.2 Å². The first-order chi connectivity index (χ1) is 11.7. The van der Waals surface area contributed by atoms with E-state index in [2.05, 4.69) is 9.97 Å². The second-order valence-corrected chi connectivity index (χ2v) is 6.11. The van der Waals surface area contributed by atoms with Gasteiger partial charge in [-0.15, -0.1) is 0 Å². The maximum Gasteiger partial charge on any atom is 0.435 e. The number of ether oxygens (including phenoxy) is 1. The van der Waals surface area contributed by atoms with Gasteiger partial charge in [0.05, 0.1) is 7.11 Å². The van der Waals surface area contributed by atoms with Crippen molar-refractivity contribution in [3.05, 3.63) is 51.9 Å². The van der Waals surface area contributed by atoms with Gasteiger partial charge in [-0.1, -0.05) is 23.7 Å². The molecule has 0 atom stereocenters. The van der Waals surface area contributed by atoms with Crippen LogP contribution in [0.3, 0.4) is 0 Å². The molecule has 3 rings (SSSR count). The number of hydrogen-bond donors (Lipinski definition) is 1. The number of aromatic carboxylic acids is 1. The highest BCUT2D eigenvalue weighted by Gasteiger charge is 2.52. The minimum Gasteiger partial charge on any atom is -0.480 e. The average molecular weight is 373 g/mol. The summed E-state index contributed by atoms with van der Waals surface area (Å²) in [4.78, 5) is 18.4. The zero-order chi connectivity index (χ0) is 18.4. The lowest BCUT2D eigenvalue weighted by molar-refractivity contribution is -0.142. The van der Waals surface area contributed by atoms with Crippen molar-refractivity contribution in [1.29, 1.82) is 0 Å². The topological polar surface area (TPSA) is 72.3 Å². The number of carbonyl (C=O) groups is 1. The molecule has 1 aliphatic carbocycles. The molecule has 1 aliphatic rings. The quantitative estimate of drug-likeness (QED) is 0.880. The number of hydrogen-bond acceptors (Lipinski definition) is 4. The van der Waals surface area contributed by atoms with E-state index in [1.165, 1.54) is 7.11 Å². The summed E-state index contributed by atoms with van der Waals surface area (Å²) < 4.78 is 44.9. The Bertz CT molecular complexity index is 851. The van der Waals surface area contributed by atoms with Gasteiger partial charge in [0.1, 0.15) is 5.69 Å². The van der Waals surface area contributed by atoms with E-state index in [0.29, 0.717) is 23.4 Å². The first-order valence-electron chi connectivity index (χ1n) is 7.22. The van der Waals surface area contributed by atoms with Gasteiger partial charge in [0, 0.05) is 10.4 Å². The van der Waals surface area contributed by atoms with Crippen LogP contribution in [-0.2, 0) is 11.6 Å². The van der Waals surface area contributed by atoms with E-state index >= 15 is 0 Å². The molecule has 0 saturated heterocycles. The van der Waals surface area contributed by atoms with E-state index in [1.54, 1.807) is 24.3 Å². The molecule has 25 heavy (non-hydrogen) atoms. The summed E-state index contributed by atoms with van der Waals surface area (Å²) in [5, 5.41) is 9.47. The molecule has 0 spiro atoms. The lowest BCUT2D eigenvalue weighted by atomic mass is 9.92. The van der Waals surface area contributed by atoms with Crippen LogP contribution in [0.2, 0.25) is 5.02 Å². The lowest BCUT2D eigenvalue weighted by Crippen LogP contribution is -2.23. The zero-order valence-electron chi connectivity index (χ0n) is 12.9. The predicted octanol–water partition coefficient (Wildman–Crippen LogP) is 3.94. The first kappa shape index (κ1) is 17.5. The fourth-order valence-corrected chi connectivity index (χ4v) is 2.98. The van der Waals surface area contributed by atoms with Gasteiger partial charge in [-0.05, 0) is 30.5 Å². The smallest absolute Gasteiger partial charge is 0.435 e. The van der Waals surface area contributed by atoms with Gasteiger partial charge in [0.2, 0.25) is 5.88 Å². The normalized spacial score (nSPS) is 15.7. The van der Waals surface area contributed by atoms with E-state index in [4.69, 9.17) is 21.4 Å². The summed E-state index contributed by atoms with van der Waals surface area (Å²) in [5.41, 5.74) is -2.89. The van der Waals surface area contributed by atoms with Gasteiger partial charge < -0.3 is 9.84 Å². The zero-order valence-corrected chi connectivity index (χ0v) is 13.6. The Morgan fingerprint density at radius 3 is 2.48 bits per heavy atom. The number of carboxylic acid groups (broad SMARTS) is 1. The largest absolute Gasteiger partial charge is 0.480 e. The van der Waals surface area contributed by atoms with Crippen molar-refractivity contribution in [3.8, 4) is 5.88 Å². The minimum atomic E-state index is -4.95. The molecule has 1 heterocycles. The van der Waals surface area contributed by atoms with Crippen LogP contribution in [0.4, 0.5) is 13.2 Å². The van der Waals surface area contributed by atoms with Gasteiger partial charge in [0.25, 0.3) is 0 Å². The lowest BCUT2D eigenvalue weighted by Gasteiger charge is -2.20. The molecule has 0 radical (unpaired) electrons. The third kappa shape index (κ3) is 3.02. The number of carboxylic acids is 1. The van der Waals surface area contributed by atoms with Gasteiger partial charge in [-0.3, -0.25) is 0 Å². The molecule has 1 fully saturated rings.